The fourth-order valence-corrected chi connectivity index (χ4v) is 2.64. The third kappa shape index (κ3) is 3.26. The van der Waals surface area contributed by atoms with Crippen molar-refractivity contribution in [2.75, 3.05) is 5.32 Å². The van der Waals surface area contributed by atoms with Gasteiger partial charge in [-0.25, -0.2) is 4.39 Å². The summed E-state index contributed by atoms with van der Waals surface area (Å²) >= 11 is 5.52. The molecule has 0 aliphatic carbocycles. The highest BCUT2D eigenvalue weighted by atomic mass is 79.9. The van der Waals surface area contributed by atoms with E-state index in [1.54, 1.807) is 0 Å². The summed E-state index contributed by atoms with van der Waals surface area (Å²) in [6.07, 6.45) is -3.33. The Morgan fingerprint density at radius 1 is 1.29 bits per heavy atom. The number of rotatable bonds is 2. The minimum atomic E-state index is -4.75. The summed E-state index contributed by atoms with van der Waals surface area (Å²) in [6.45, 7) is 0. The van der Waals surface area contributed by atoms with Crippen LogP contribution < -0.4 is 5.32 Å². The number of alkyl halides is 3. The molecule has 1 amide bonds. The molecule has 0 fully saturated rings. The lowest BCUT2D eigenvalue weighted by Gasteiger charge is -2.14. The van der Waals surface area contributed by atoms with E-state index in [0.717, 1.165) is 0 Å². The molecule has 0 bridgehead atoms. The summed E-state index contributed by atoms with van der Waals surface area (Å²) in [5.41, 5.74) is -1.78. The first-order chi connectivity index (χ1) is 9.71. The molecule has 2 aromatic rings. The molecular formula is C11H5Br2F4N3O. The van der Waals surface area contributed by atoms with Crippen LogP contribution in [0.4, 0.5) is 23.4 Å². The molecule has 1 aromatic carbocycles. The molecule has 4 nitrogen and oxygen atoms in total. The summed E-state index contributed by atoms with van der Waals surface area (Å²) in [6, 6.07) is 1.66. The van der Waals surface area contributed by atoms with Gasteiger partial charge in [0.25, 0.3) is 5.91 Å². The lowest BCUT2D eigenvalue weighted by molar-refractivity contribution is -0.138. The van der Waals surface area contributed by atoms with Crippen molar-refractivity contribution < 1.29 is 22.4 Å². The Labute approximate surface area is 132 Å². The van der Waals surface area contributed by atoms with Crippen molar-refractivity contribution in [3.8, 4) is 0 Å². The Morgan fingerprint density at radius 3 is 2.48 bits per heavy atom. The van der Waals surface area contributed by atoms with Crippen LogP contribution in [0.15, 0.2) is 27.3 Å². The quantitative estimate of drug-likeness (QED) is 0.549. The Hall–Kier alpha value is -1.42. The number of aromatic amines is 1. The number of amides is 1. The average molecular weight is 431 g/mol. The van der Waals surface area contributed by atoms with Gasteiger partial charge in [0.1, 0.15) is 5.82 Å². The predicted molar refractivity (Wildman–Crippen MR) is 73.3 cm³/mol. The number of benzene rings is 1. The van der Waals surface area contributed by atoms with E-state index in [-0.39, 0.29) is 16.4 Å². The Kier molecular flexibility index (Phi) is 4.38. The smallest absolute Gasteiger partial charge is 0.305 e. The van der Waals surface area contributed by atoms with Gasteiger partial charge in [-0.3, -0.25) is 9.89 Å². The van der Waals surface area contributed by atoms with Gasteiger partial charge in [0.05, 0.1) is 11.1 Å². The predicted octanol–water partition coefficient (Wildman–Crippen LogP) is 4.34. The van der Waals surface area contributed by atoms with Crippen molar-refractivity contribution in [2.45, 2.75) is 6.18 Å². The van der Waals surface area contributed by atoms with Crippen molar-refractivity contribution in [3.05, 3.63) is 44.2 Å². The number of aromatic nitrogens is 2. The van der Waals surface area contributed by atoms with Crippen molar-refractivity contribution in [2.24, 2.45) is 0 Å². The second-order valence-corrected chi connectivity index (χ2v) is 5.41. The molecule has 0 saturated heterocycles. The lowest BCUT2D eigenvalue weighted by Crippen LogP contribution is -2.17. The summed E-state index contributed by atoms with van der Waals surface area (Å²) in [5.74, 6) is -2.12. The maximum absolute atomic E-state index is 13.9. The van der Waals surface area contributed by atoms with Crippen molar-refractivity contribution in [1.29, 1.82) is 0 Å². The molecule has 0 aliphatic rings. The molecule has 0 unspecified atom stereocenters. The van der Waals surface area contributed by atoms with Crippen molar-refractivity contribution in [1.82, 2.24) is 10.2 Å². The van der Waals surface area contributed by atoms with Crippen LogP contribution in [0.2, 0.25) is 0 Å². The van der Waals surface area contributed by atoms with E-state index in [9.17, 15) is 22.4 Å². The topological polar surface area (TPSA) is 57.8 Å². The summed E-state index contributed by atoms with van der Waals surface area (Å²) in [4.78, 5) is 11.9. The summed E-state index contributed by atoms with van der Waals surface area (Å²) < 4.78 is 51.2. The molecular weight excluding hydrogens is 426 g/mol. The van der Waals surface area contributed by atoms with E-state index in [1.807, 2.05) is 0 Å². The number of anilines is 1. The van der Waals surface area contributed by atoms with Gasteiger partial charge in [0, 0.05) is 21.2 Å². The minimum absolute atomic E-state index is 0.113. The van der Waals surface area contributed by atoms with Gasteiger partial charge in [-0.15, -0.1) is 0 Å². The van der Waals surface area contributed by atoms with E-state index in [2.05, 4.69) is 47.4 Å². The molecule has 0 atom stereocenters. The first-order valence-electron chi connectivity index (χ1n) is 5.27. The van der Waals surface area contributed by atoms with Crippen LogP contribution in [0.3, 0.4) is 0 Å². The van der Waals surface area contributed by atoms with Crippen LogP contribution in [-0.4, -0.2) is 16.1 Å². The molecule has 0 saturated carbocycles. The highest BCUT2D eigenvalue weighted by Crippen LogP contribution is 2.41. The SMILES string of the molecule is O=C(Nc1cc[nH]n1)c1c(F)cc(C(F)(F)F)c(Br)c1Br. The largest absolute Gasteiger partial charge is 0.417 e. The minimum Gasteiger partial charge on any atom is -0.305 e. The van der Waals surface area contributed by atoms with E-state index in [1.165, 1.54) is 12.3 Å². The number of hydrogen-bond donors (Lipinski definition) is 2. The number of H-pyrrole nitrogens is 1. The van der Waals surface area contributed by atoms with Crippen LogP contribution in [0.25, 0.3) is 0 Å². The van der Waals surface area contributed by atoms with Crippen LogP contribution >= 0.6 is 31.9 Å². The highest BCUT2D eigenvalue weighted by molar-refractivity contribution is 9.13. The number of nitrogens with one attached hydrogen (secondary N) is 2. The number of carbonyl (C=O) groups excluding carboxylic acids is 1. The third-order valence-corrected chi connectivity index (χ3v) is 4.58. The first-order valence-corrected chi connectivity index (χ1v) is 6.86. The molecule has 1 heterocycles. The van der Waals surface area contributed by atoms with Crippen LogP contribution in [0.1, 0.15) is 15.9 Å². The monoisotopic (exact) mass is 429 g/mol. The zero-order valence-electron chi connectivity index (χ0n) is 9.86. The summed E-state index contributed by atoms with van der Waals surface area (Å²) in [5, 5.41) is 8.31. The molecule has 2 rings (SSSR count). The molecule has 21 heavy (non-hydrogen) atoms. The average Bonchev–Trinajstić information content (AvgIpc) is 2.85. The van der Waals surface area contributed by atoms with Crippen LogP contribution in [0, 0.1) is 5.82 Å². The van der Waals surface area contributed by atoms with E-state index >= 15 is 0 Å². The third-order valence-electron chi connectivity index (χ3n) is 2.43. The maximum Gasteiger partial charge on any atom is 0.417 e. The maximum atomic E-state index is 13.9. The molecule has 0 radical (unpaired) electrons. The molecule has 10 heteroatoms. The second-order valence-electron chi connectivity index (χ2n) is 3.82. The van der Waals surface area contributed by atoms with E-state index in [0.29, 0.717) is 0 Å². The van der Waals surface area contributed by atoms with Gasteiger partial charge in [-0.05, 0) is 37.9 Å². The summed E-state index contributed by atoms with van der Waals surface area (Å²) in [7, 11) is 0. The first kappa shape index (κ1) is 16.0. The van der Waals surface area contributed by atoms with Crippen molar-refractivity contribution >= 4 is 43.6 Å². The molecule has 2 N–H and O–H groups in total. The molecule has 0 aliphatic heterocycles. The molecule has 0 spiro atoms. The molecule has 112 valence electrons. The number of nitrogens with zero attached hydrogens (tertiary/aromatic N) is 1. The highest BCUT2D eigenvalue weighted by Gasteiger charge is 2.36. The lowest BCUT2D eigenvalue weighted by atomic mass is 10.1. The second kappa shape index (κ2) is 5.76. The van der Waals surface area contributed by atoms with Gasteiger partial charge in [-0.2, -0.15) is 18.3 Å². The van der Waals surface area contributed by atoms with E-state index < -0.39 is 33.5 Å². The van der Waals surface area contributed by atoms with Crippen molar-refractivity contribution in [3.63, 3.8) is 0 Å². The Morgan fingerprint density at radius 2 is 1.95 bits per heavy atom. The number of hydrogen-bond acceptors (Lipinski definition) is 2. The van der Waals surface area contributed by atoms with Gasteiger partial charge in [0.2, 0.25) is 0 Å². The standard InChI is InChI=1S/C11H5Br2F4N3O/c12-8-4(11(15,16)17)3-5(14)7(9(8)13)10(21)19-6-1-2-18-20-6/h1-3H,(H2,18,19,20,21). The zero-order chi connectivity index (χ0) is 15.8. The Balaban J connectivity index is 2.46. The fourth-order valence-electron chi connectivity index (χ4n) is 1.52. The van der Waals surface area contributed by atoms with Gasteiger partial charge in [-0.1, -0.05) is 0 Å². The van der Waals surface area contributed by atoms with Crippen LogP contribution in [-0.2, 0) is 6.18 Å². The molecule has 1 aromatic heterocycles. The number of carbonyl (C=O) groups is 1. The van der Waals surface area contributed by atoms with Gasteiger partial charge < -0.3 is 5.32 Å². The van der Waals surface area contributed by atoms with Gasteiger partial charge in [0.15, 0.2) is 5.82 Å². The van der Waals surface area contributed by atoms with E-state index in [4.69, 9.17) is 0 Å². The normalized spacial score (nSPS) is 11.5. The van der Waals surface area contributed by atoms with Crippen LogP contribution in [0.5, 0.6) is 0 Å². The Bertz CT molecular complexity index is 686. The van der Waals surface area contributed by atoms with Gasteiger partial charge >= 0.3 is 6.18 Å². The zero-order valence-corrected chi connectivity index (χ0v) is 13.0. The number of halogens is 6. The fraction of sp³-hybridized carbons (Fsp3) is 0.0909.